The van der Waals surface area contributed by atoms with Gasteiger partial charge >= 0.3 is 0 Å². The predicted molar refractivity (Wildman–Crippen MR) is 108 cm³/mol. The molecule has 1 amide bonds. The molecule has 3 heterocycles. The zero-order valence-corrected chi connectivity index (χ0v) is 16.5. The van der Waals surface area contributed by atoms with Gasteiger partial charge in [0.25, 0.3) is 5.91 Å². The topological polar surface area (TPSA) is 80.2 Å². The van der Waals surface area contributed by atoms with Gasteiger partial charge in [0.15, 0.2) is 5.78 Å². The maximum atomic E-state index is 13.1. The van der Waals surface area contributed by atoms with Crippen LogP contribution < -0.4 is 0 Å². The lowest BCUT2D eigenvalue weighted by Crippen LogP contribution is -2.39. The van der Waals surface area contributed by atoms with Gasteiger partial charge in [0.05, 0.1) is 37.2 Å². The number of amides is 1. The normalized spacial score (nSPS) is 17.3. The lowest BCUT2D eigenvalue weighted by atomic mass is 9.96. The SMILES string of the molecule is COCC1(CC(=O)c2cnn3c2CN(C(=O)c2cc4ccccc4[nH]2)CC3)CC1. The van der Waals surface area contributed by atoms with Crippen LogP contribution in [0.2, 0.25) is 0 Å². The molecule has 1 fully saturated rings. The molecule has 7 heteroatoms. The number of H-pyrrole nitrogens is 1. The zero-order valence-electron chi connectivity index (χ0n) is 16.5. The summed E-state index contributed by atoms with van der Waals surface area (Å²) in [5.41, 5.74) is 2.99. The molecule has 1 aromatic carbocycles. The van der Waals surface area contributed by atoms with Crippen molar-refractivity contribution in [3.8, 4) is 0 Å². The molecule has 1 aliphatic heterocycles. The molecule has 0 spiro atoms. The molecule has 1 N–H and O–H groups in total. The number of nitrogens with zero attached hydrogens (tertiary/aromatic N) is 3. The number of carbonyl (C=O) groups is 2. The summed E-state index contributed by atoms with van der Waals surface area (Å²) in [4.78, 5) is 31.0. The minimum Gasteiger partial charge on any atom is -0.384 e. The van der Waals surface area contributed by atoms with Crippen LogP contribution in [0.25, 0.3) is 10.9 Å². The van der Waals surface area contributed by atoms with Gasteiger partial charge < -0.3 is 14.6 Å². The number of fused-ring (bicyclic) bond motifs is 2. The Morgan fingerprint density at radius 1 is 1.24 bits per heavy atom. The Morgan fingerprint density at radius 3 is 2.83 bits per heavy atom. The largest absolute Gasteiger partial charge is 0.384 e. The minimum atomic E-state index is -0.0508. The van der Waals surface area contributed by atoms with E-state index >= 15 is 0 Å². The van der Waals surface area contributed by atoms with Crippen LogP contribution in [0.15, 0.2) is 36.5 Å². The smallest absolute Gasteiger partial charge is 0.270 e. The second-order valence-electron chi connectivity index (χ2n) is 8.26. The summed E-state index contributed by atoms with van der Waals surface area (Å²) in [5, 5.41) is 5.41. The molecule has 2 aliphatic rings. The van der Waals surface area contributed by atoms with Crippen molar-refractivity contribution in [1.29, 1.82) is 0 Å². The van der Waals surface area contributed by atoms with Gasteiger partial charge in [-0.25, -0.2) is 0 Å². The number of hydrogen-bond acceptors (Lipinski definition) is 4. The molecule has 7 nitrogen and oxygen atoms in total. The average molecular weight is 392 g/mol. The van der Waals surface area contributed by atoms with Gasteiger partial charge in [-0.1, -0.05) is 18.2 Å². The Balaban J connectivity index is 1.35. The van der Waals surface area contributed by atoms with Gasteiger partial charge in [-0.3, -0.25) is 14.3 Å². The lowest BCUT2D eigenvalue weighted by Gasteiger charge is -2.28. The van der Waals surface area contributed by atoms with Crippen molar-refractivity contribution >= 4 is 22.6 Å². The molecule has 0 atom stereocenters. The van der Waals surface area contributed by atoms with Crippen LogP contribution in [0.4, 0.5) is 0 Å². The van der Waals surface area contributed by atoms with Crippen LogP contribution in [-0.4, -0.2) is 51.6 Å². The highest BCUT2D eigenvalue weighted by molar-refractivity contribution is 5.99. The van der Waals surface area contributed by atoms with Crippen molar-refractivity contribution in [3.05, 3.63) is 53.5 Å². The molecular weight excluding hydrogens is 368 g/mol. The van der Waals surface area contributed by atoms with E-state index in [1.807, 2.05) is 35.0 Å². The highest BCUT2D eigenvalue weighted by atomic mass is 16.5. The van der Waals surface area contributed by atoms with Crippen LogP contribution >= 0.6 is 0 Å². The van der Waals surface area contributed by atoms with E-state index in [4.69, 9.17) is 4.74 Å². The van der Waals surface area contributed by atoms with Gasteiger partial charge in [-0.2, -0.15) is 5.10 Å². The van der Waals surface area contributed by atoms with E-state index in [0.29, 0.717) is 43.9 Å². The monoisotopic (exact) mass is 392 g/mol. The number of aromatic amines is 1. The number of para-hydroxylation sites is 1. The van der Waals surface area contributed by atoms with Crippen molar-refractivity contribution in [2.75, 3.05) is 20.3 Å². The molecule has 0 saturated heterocycles. The Hall–Kier alpha value is -2.93. The first-order chi connectivity index (χ1) is 14.1. The van der Waals surface area contributed by atoms with Crippen LogP contribution in [0.5, 0.6) is 0 Å². The average Bonchev–Trinajstić information content (AvgIpc) is 3.17. The number of Topliss-reactive ketones (excluding diaryl/α,β-unsaturated/α-hetero) is 1. The van der Waals surface area contributed by atoms with E-state index in [-0.39, 0.29) is 17.1 Å². The summed E-state index contributed by atoms with van der Waals surface area (Å²) in [6.45, 7) is 2.18. The standard InChI is InChI=1S/C22H24N4O3/c1-29-14-22(6-7-22)11-20(27)16-12-23-26-9-8-25(13-19(16)26)21(28)18-10-15-4-2-3-5-17(15)24-18/h2-5,10,12,24H,6-9,11,13-14H2,1H3. The number of ketones is 1. The molecule has 0 unspecified atom stereocenters. The maximum absolute atomic E-state index is 13.1. The fourth-order valence-corrected chi connectivity index (χ4v) is 4.30. The van der Waals surface area contributed by atoms with Gasteiger partial charge in [-0.15, -0.1) is 0 Å². The molecule has 3 aromatic rings. The summed E-state index contributed by atoms with van der Waals surface area (Å²) < 4.78 is 7.15. The third kappa shape index (κ3) is 3.25. The molecule has 29 heavy (non-hydrogen) atoms. The first-order valence-corrected chi connectivity index (χ1v) is 10.0. The Bertz CT molecular complexity index is 1060. The molecular formula is C22H24N4O3. The molecule has 2 aromatic heterocycles. The van der Waals surface area contributed by atoms with Crippen LogP contribution in [0, 0.1) is 5.41 Å². The van der Waals surface area contributed by atoms with Crippen molar-refractivity contribution in [3.63, 3.8) is 0 Å². The van der Waals surface area contributed by atoms with Crippen LogP contribution in [0.3, 0.4) is 0 Å². The zero-order chi connectivity index (χ0) is 20.0. The number of benzene rings is 1. The van der Waals surface area contributed by atoms with Crippen molar-refractivity contribution in [2.45, 2.75) is 32.4 Å². The summed E-state index contributed by atoms with van der Waals surface area (Å²) in [6, 6.07) is 9.73. The number of methoxy groups -OCH3 is 1. The number of hydrogen-bond donors (Lipinski definition) is 1. The predicted octanol–water partition coefficient (Wildman–Crippen LogP) is 3.02. The molecule has 1 saturated carbocycles. The summed E-state index contributed by atoms with van der Waals surface area (Å²) in [7, 11) is 1.68. The van der Waals surface area contributed by atoms with Crippen molar-refractivity contribution in [2.24, 2.45) is 5.41 Å². The highest BCUT2D eigenvalue weighted by Crippen LogP contribution is 2.49. The Kier molecular flexibility index (Phi) is 4.28. The molecule has 5 rings (SSSR count). The van der Waals surface area contributed by atoms with Crippen LogP contribution in [0.1, 0.15) is 45.8 Å². The van der Waals surface area contributed by atoms with Gasteiger partial charge in [-0.05, 0) is 25.0 Å². The third-order valence-electron chi connectivity index (χ3n) is 6.16. The summed E-state index contributed by atoms with van der Waals surface area (Å²) >= 11 is 0. The van der Waals surface area contributed by atoms with E-state index in [1.165, 1.54) is 0 Å². The molecule has 0 bridgehead atoms. The number of rotatable bonds is 6. The van der Waals surface area contributed by atoms with Crippen molar-refractivity contribution < 1.29 is 14.3 Å². The Morgan fingerprint density at radius 2 is 2.07 bits per heavy atom. The second-order valence-corrected chi connectivity index (χ2v) is 8.26. The lowest BCUT2D eigenvalue weighted by molar-refractivity contribution is 0.0696. The molecule has 0 radical (unpaired) electrons. The maximum Gasteiger partial charge on any atom is 0.270 e. The minimum absolute atomic E-state index is 0.00478. The number of ether oxygens (including phenoxy) is 1. The third-order valence-corrected chi connectivity index (χ3v) is 6.16. The number of nitrogens with one attached hydrogen (secondary N) is 1. The summed E-state index contributed by atoms with van der Waals surface area (Å²) in [6.07, 6.45) is 4.20. The van der Waals surface area contributed by atoms with E-state index in [0.717, 1.165) is 29.4 Å². The fraction of sp³-hybridized carbons (Fsp3) is 0.409. The van der Waals surface area contributed by atoms with E-state index in [9.17, 15) is 9.59 Å². The quantitative estimate of drug-likeness (QED) is 0.654. The van der Waals surface area contributed by atoms with Crippen molar-refractivity contribution in [1.82, 2.24) is 19.7 Å². The van der Waals surface area contributed by atoms with E-state index in [2.05, 4.69) is 10.1 Å². The molecule has 150 valence electrons. The van der Waals surface area contributed by atoms with E-state index < -0.39 is 0 Å². The van der Waals surface area contributed by atoms with Gasteiger partial charge in [0.2, 0.25) is 0 Å². The second kappa shape index (κ2) is 6.84. The number of aromatic nitrogens is 3. The Labute approximate surface area is 168 Å². The highest BCUT2D eigenvalue weighted by Gasteiger charge is 2.45. The summed E-state index contributed by atoms with van der Waals surface area (Å²) in [5.74, 6) is 0.0470. The van der Waals surface area contributed by atoms with Crippen LogP contribution in [-0.2, 0) is 17.8 Å². The first kappa shape index (κ1) is 18.1. The fourth-order valence-electron chi connectivity index (χ4n) is 4.30. The number of carbonyl (C=O) groups excluding carboxylic acids is 2. The van der Waals surface area contributed by atoms with E-state index in [1.54, 1.807) is 18.2 Å². The van der Waals surface area contributed by atoms with Gasteiger partial charge in [0.1, 0.15) is 5.69 Å². The van der Waals surface area contributed by atoms with Gasteiger partial charge in [0, 0.05) is 36.4 Å². The molecule has 1 aliphatic carbocycles. The first-order valence-electron chi connectivity index (χ1n) is 10.0.